The van der Waals surface area contributed by atoms with Gasteiger partial charge in [0.05, 0.1) is 31.1 Å². The molecule has 6 nitrogen and oxygen atoms in total. The van der Waals surface area contributed by atoms with E-state index in [1.807, 2.05) is 69.0 Å². The lowest BCUT2D eigenvalue weighted by molar-refractivity contribution is 0.0695. The first kappa shape index (κ1) is 29.1. The van der Waals surface area contributed by atoms with Gasteiger partial charge in [-0.2, -0.15) is 0 Å². The van der Waals surface area contributed by atoms with Crippen molar-refractivity contribution >= 4 is 17.3 Å². The summed E-state index contributed by atoms with van der Waals surface area (Å²) < 4.78 is 10.9. The summed E-state index contributed by atoms with van der Waals surface area (Å²) in [7, 11) is 3.36. The van der Waals surface area contributed by atoms with Crippen LogP contribution in [0.25, 0.3) is 0 Å². The molecule has 0 aliphatic carbocycles. The molecule has 1 saturated heterocycles. The van der Waals surface area contributed by atoms with E-state index in [1.165, 1.54) is 0 Å². The maximum absolute atomic E-state index is 13.3. The number of fused-ring (bicyclic) bond motifs is 1. The molecule has 0 unspecified atom stereocenters. The Morgan fingerprint density at radius 1 is 1.00 bits per heavy atom. The zero-order valence-corrected chi connectivity index (χ0v) is 23.5. The summed E-state index contributed by atoms with van der Waals surface area (Å²) in [5, 5.41) is 7.36. The summed E-state index contributed by atoms with van der Waals surface area (Å²) in [6.07, 6.45) is 5.71. The molecule has 198 valence electrons. The van der Waals surface area contributed by atoms with E-state index < -0.39 is 0 Å². The molecular weight excluding hydrogens is 450 g/mol. The topological polar surface area (TPSA) is 62.8 Å². The maximum Gasteiger partial charge on any atom is 0.253 e. The number of ether oxygens (including phenoxy) is 2. The number of methoxy groups -OCH3 is 2. The molecule has 2 aromatic rings. The summed E-state index contributed by atoms with van der Waals surface area (Å²) in [6.45, 7) is 13.6. The molecule has 1 amide bonds. The van der Waals surface area contributed by atoms with Gasteiger partial charge in [-0.1, -0.05) is 47.1 Å². The fraction of sp³-hybridized carbons (Fsp3) is 0.500. The van der Waals surface area contributed by atoms with E-state index in [2.05, 4.69) is 30.6 Å². The van der Waals surface area contributed by atoms with Crippen LogP contribution in [0.5, 0.6) is 11.5 Å². The van der Waals surface area contributed by atoms with Crippen molar-refractivity contribution < 1.29 is 14.3 Å². The molecule has 2 N–H and O–H groups in total. The van der Waals surface area contributed by atoms with Gasteiger partial charge in [0.1, 0.15) is 11.5 Å². The van der Waals surface area contributed by atoms with Crippen LogP contribution in [0.15, 0.2) is 48.2 Å². The number of rotatable bonds is 5. The van der Waals surface area contributed by atoms with Crippen LogP contribution >= 0.6 is 0 Å². The first-order valence-corrected chi connectivity index (χ1v) is 13.4. The van der Waals surface area contributed by atoms with E-state index in [9.17, 15) is 4.79 Å². The number of benzene rings is 2. The van der Waals surface area contributed by atoms with Crippen LogP contribution in [-0.2, 0) is 6.42 Å². The quantitative estimate of drug-likeness (QED) is 0.462. The predicted octanol–water partition coefficient (Wildman–Crippen LogP) is 7.12. The van der Waals surface area contributed by atoms with Crippen molar-refractivity contribution in [3.8, 4) is 11.5 Å². The lowest BCUT2D eigenvalue weighted by atomic mass is 9.81. The van der Waals surface area contributed by atoms with Crippen molar-refractivity contribution in [3.05, 3.63) is 59.3 Å². The Kier molecular flexibility index (Phi) is 11.2. The van der Waals surface area contributed by atoms with Gasteiger partial charge in [-0.15, -0.1) is 0 Å². The Bertz CT molecular complexity index is 1020. The summed E-state index contributed by atoms with van der Waals surface area (Å²) in [6, 6.07) is 11.8. The van der Waals surface area contributed by atoms with Gasteiger partial charge in [0, 0.05) is 30.4 Å². The molecule has 0 bridgehead atoms. The van der Waals surface area contributed by atoms with Crippen LogP contribution < -0.4 is 20.1 Å². The van der Waals surface area contributed by atoms with Crippen LogP contribution in [0.1, 0.15) is 76.7 Å². The molecule has 0 atom stereocenters. The van der Waals surface area contributed by atoms with Crippen molar-refractivity contribution in [3.63, 3.8) is 0 Å². The Morgan fingerprint density at radius 2 is 1.69 bits per heavy atom. The average molecular weight is 496 g/mol. The number of aryl methyl sites for hydroxylation is 1. The summed E-state index contributed by atoms with van der Waals surface area (Å²) in [4.78, 5) is 15.2. The Balaban J connectivity index is 0.00000109. The molecule has 1 fully saturated rings. The van der Waals surface area contributed by atoms with E-state index in [0.717, 1.165) is 65.4 Å². The van der Waals surface area contributed by atoms with E-state index in [1.54, 1.807) is 14.2 Å². The van der Waals surface area contributed by atoms with Gasteiger partial charge in [0.15, 0.2) is 0 Å². The van der Waals surface area contributed by atoms with E-state index >= 15 is 0 Å². The highest BCUT2D eigenvalue weighted by molar-refractivity contribution is 5.95. The van der Waals surface area contributed by atoms with E-state index in [4.69, 9.17) is 9.47 Å². The standard InChI is InChI=1S/C26H33N3O3.2C2H6/c1-5-7-18-16-19(8-11-23(18)32-4)25(30)29-14-12-26(13-15-29)24(6-2)27-21-10-9-20(31-3)17-22(21)28-26;2*1-2/h6,8-11,16-17,27-28H,5,7,12-15H2,1-4H3;2*1-2H3/b24-6-;;. The number of hydrogen-bond acceptors (Lipinski definition) is 5. The second-order valence-electron chi connectivity index (χ2n) is 8.51. The van der Waals surface area contributed by atoms with Crippen LogP contribution in [-0.4, -0.2) is 43.7 Å². The number of likely N-dealkylation sites (tertiary alicyclic amines) is 1. The lowest BCUT2D eigenvalue weighted by Crippen LogP contribution is -2.54. The Hall–Kier alpha value is -3.15. The number of allylic oxidation sites excluding steroid dienone is 1. The number of nitrogens with one attached hydrogen (secondary N) is 2. The third kappa shape index (κ3) is 6.15. The van der Waals surface area contributed by atoms with Gasteiger partial charge in [-0.05, 0) is 62.1 Å². The SMILES string of the molecule is C/C=C1\Nc2ccc(OC)cc2NC12CCN(C(=O)c1ccc(OC)c(CCC)c1)CC2.CC.CC. The Labute approximate surface area is 218 Å². The number of anilines is 2. The molecule has 2 heterocycles. The molecule has 1 spiro atoms. The number of nitrogens with zero attached hydrogens (tertiary/aromatic N) is 1. The largest absolute Gasteiger partial charge is 0.497 e. The summed E-state index contributed by atoms with van der Waals surface area (Å²) >= 11 is 0. The molecule has 6 heteroatoms. The van der Waals surface area contributed by atoms with Crippen LogP contribution in [0.3, 0.4) is 0 Å². The van der Waals surface area contributed by atoms with Crippen LogP contribution in [0, 0.1) is 0 Å². The van der Waals surface area contributed by atoms with Gasteiger partial charge in [-0.3, -0.25) is 4.79 Å². The minimum Gasteiger partial charge on any atom is -0.497 e. The van der Waals surface area contributed by atoms with Gasteiger partial charge >= 0.3 is 0 Å². The number of carbonyl (C=O) groups excluding carboxylic acids is 1. The summed E-state index contributed by atoms with van der Waals surface area (Å²) in [5.41, 5.74) is 4.87. The molecule has 0 saturated carbocycles. The van der Waals surface area contributed by atoms with Crippen molar-refractivity contribution in [2.45, 2.75) is 72.8 Å². The zero-order chi connectivity index (χ0) is 26.7. The monoisotopic (exact) mass is 495 g/mol. The molecule has 4 rings (SSSR count). The number of piperidine rings is 1. The molecule has 0 radical (unpaired) electrons. The van der Waals surface area contributed by atoms with Gasteiger partial charge < -0.3 is 25.0 Å². The second-order valence-corrected chi connectivity index (χ2v) is 8.51. The predicted molar refractivity (Wildman–Crippen MR) is 152 cm³/mol. The third-order valence-corrected chi connectivity index (χ3v) is 6.63. The second kappa shape index (κ2) is 13.8. The van der Waals surface area contributed by atoms with Crippen LogP contribution in [0.4, 0.5) is 11.4 Å². The molecular formula is C30H45N3O3. The number of carbonyl (C=O) groups is 1. The average Bonchev–Trinajstić information content (AvgIpc) is 2.94. The summed E-state index contributed by atoms with van der Waals surface area (Å²) in [5.74, 6) is 1.77. The Morgan fingerprint density at radius 3 is 2.28 bits per heavy atom. The first-order valence-electron chi connectivity index (χ1n) is 13.4. The van der Waals surface area contributed by atoms with Crippen molar-refractivity contribution in [2.75, 3.05) is 37.9 Å². The molecule has 2 aliphatic rings. The molecule has 2 aliphatic heterocycles. The molecule has 0 aromatic heterocycles. The first-order chi connectivity index (χ1) is 17.5. The van der Waals surface area contributed by atoms with Crippen LogP contribution in [0.2, 0.25) is 0 Å². The van der Waals surface area contributed by atoms with E-state index in [0.29, 0.717) is 13.1 Å². The van der Waals surface area contributed by atoms with Gasteiger partial charge in [-0.25, -0.2) is 0 Å². The fourth-order valence-corrected chi connectivity index (χ4v) is 4.85. The van der Waals surface area contributed by atoms with E-state index in [-0.39, 0.29) is 11.4 Å². The third-order valence-electron chi connectivity index (χ3n) is 6.63. The number of hydrogen-bond donors (Lipinski definition) is 2. The van der Waals surface area contributed by atoms with Crippen molar-refractivity contribution in [2.24, 2.45) is 0 Å². The lowest BCUT2D eigenvalue weighted by Gasteiger charge is -2.47. The number of amides is 1. The highest BCUT2D eigenvalue weighted by Crippen LogP contribution is 2.42. The fourth-order valence-electron chi connectivity index (χ4n) is 4.85. The highest BCUT2D eigenvalue weighted by atomic mass is 16.5. The van der Waals surface area contributed by atoms with Crippen molar-refractivity contribution in [1.82, 2.24) is 4.90 Å². The maximum atomic E-state index is 13.3. The highest BCUT2D eigenvalue weighted by Gasteiger charge is 2.42. The minimum atomic E-state index is -0.210. The van der Waals surface area contributed by atoms with Crippen molar-refractivity contribution in [1.29, 1.82) is 0 Å². The molecule has 2 aromatic carbocycles. The smallest absolute Gasteiger partial charge is 0.253 e. The van der Waals surface area contributed by atoms with Gasteiger partial charge in [0.2, 0.25) is 0 Å². The zero-order valence-electron chi connectivity index (χ0n) is 23.5. The van der Waals surface area contributed by atoms with Gasteiger partial charge in [0.25, 0.3) is 5.91 Å². The normalized spacial score (nSPS) is 16.3. The minimum absolute atomic E-state index is 0.0905. The molecule has 36 heavy (non-hydrogen) atoms.